The summed E-state index contributed by atoms with van der Waals surface area (Å²) < 4.78 is 12.9. The molecular formula is C12H16FN. The van der Waals surface area contributed by atoms with E-state index < -0.39 is 0 Å². The molecule has 1 nitrogen and oxygen atoms in total. The van der Waals surface area contributed by atoms with Crippen molar-refractivity contribution in [2.24, 2.45) is 11.7 Å². The molecule has 14 heavy (non-hydrogen) atoms. The fourth-order valence-electron chi connectivity index (χ4n) is 2.29. The third kappa shape index (κ3) is 2.13. The van der Waals surface area contributed by atoms with E-state index >= 15 is 0 Å². The van der Waals surface area contributed by atoms with E-state index in [2.05, 4.69) is 0 Å². The van der Waals surface area contributed by atoms with Gasteiger partial charge in [0, 0.05) is 6.04 Å². The molecule has 1 aromatic carbocycles. The maximum atomic E-state index is 12.9. The first-order valence-corrected chi connectivity index (χ1v) is 5.26. The lowest BCUT2D eigenvalue weighted by Gasteiger charge is -2.14. The number of halogens is 1. The molecule has 0 saturated heterocycles. The van der Waals surface area contributed by atoms with Crippen LogP contribution in [0.1, 0.15) is 24.8 Å². The van der Waals surface area contributed by atoms with Crippen LogP contribution in [0.2, 0.25) is 0 Å². The number of nitrogens with two attached hydrogens (primary N) is 1. The van der Waals surface area contributed by atoms with Crippen molar-refractivity contribution in [3.8, 4) is 0 Å². The molecule has 0 radical (unpaired) electrons. The van der Waals surface area contributed by atoms with Crippen molar-refractivity contribution in [1.82, 2.24) is 0 Å². The van der Waals surface area contributed by atoms with Gasteiger partial charge in [-0.1, -0.05) is 18.6 Å². The summed E-state index contributed by atoms with van der Waals surface area (Å²) in [7, 11) is 0. The Kier molecular flexibility index (Phi) is 2.82. The molecule has 0 bridgehead atoms. The Morgan fingerprint density at radius 2 is 2.21 bits per heavy atom. The van der Waals surface area contributed by atoms with Crippen LogP contribution in [0.3, 0.4) is 0 Å². The quantitative estimate of drug-likeness (QED) is 0.767. The minimum Gasteiger partial charge on any atom is -0.327 e. The van der Waals surface area contributed by atoms with Crippen molar-refractivity contribution in [1.29, 1.82) is 0 Å². The van der Waals surface area contributed by atoms with Crippen LogP contribution in [0, 0.1) is 11.7 Å². The van der Waals surface area contributed by atoms with E-state index in [0.717, 1.165) is 18.4 Å². The first-order valence-electron chi connectivity index (χ1n) is 5.26. The van der Waals surface area contributed by atoms with Gasteiger partial charge in [-0.3, -0.25) is 0 Å². The highest BCUT2D eigenvalue weighted by Gasteiger charge is 2.23. The van der Waals surface area contributed by atoms with Crippen LogP contribution in [-0.4, -0.2) is 6.04 Å². The first kappa shape index (κ1) is 9.66. The number of hydrogen-bond donors (Lipinski definition) is 1. The Hall–Kier alpha value is -0.890. The average Bonchev–Trinajstić information content (AvgIpc) is 2.52. The minimum atomic E-state index is -0.144. The predicted molar refractivity (Wildman–Crippen MR) is 55.4 cm³/mol. The van der Waals surface area contributed by atoms with Gasteiger partial charge >= 0.3 is 0 Å². The zero-order valence-electron chi connectivity index (χ0n) is 8.25. The normalized spacial score (nSPS) is 26.7. The lowest BCUT2D eigenvalue weighted by atomic mass is 9.95. The van der Waals surface area contributed by atoms with Gasteiger partial charge < -0.3 is 5.73 Å². The van der Waals surface area contributed by atoms with Crippen molar-refractivity contribution in [2.75, 3.05) is 0 Å². The first-order chi connectivity index (χ1) is 6.75. The average molecular weight is 193 g/mol. The lowest BCUT2D eigenvalue weighted by Crippen LogP contribution is -2.25. The molecule has 0 aliphatic heterocycles. The van der Waals surface area contributed by atoms with E-state index in [-0.39, 0.29) is 5.82 Å². The maximum absolute atomic E-state index is 12.9. The summed E-state index contributed by atoms with van der Waals surface area (Å²) in [4.78, 5) is 0. The van der Waals surface area contributed by atoms with Crippen LogP contribution < -0.4 is 5.73 Å². The summed E-state index contributed by atoms with van der Waals surface area (Å²) in [6.45, 7) is 0. The van der Waals surface area contributed by atoms with E-state index in [9.17, 15) is 4.39 Å². The highest BCUT2D eigenvalue weighted by molar-refractivity contribution is 5.17. The van der Waals surface area contributed by atoms with Crippen molar-refractivity contribution in [3.63, 3.8) is 0 Å². The van der Waals surface area contributed by atoms with E-state index in [0.29, 0.717) is 12.0 Å². The fraction of sp³-hybridized carbons (Fsp3) is 0.500. The van der Waals surface area contributed by atoms with Crippen molar-refractivity contribution < 1.29 is 4.39 Å². The molecular weight excluding hydrogens is 177 g/mol. The van der Waals surface area contributed by atoms with E-state index in [1.54, 1.807) is 12.1 Å². The number of hydrogen-bond acceptors (Lipinski definition) is 1. The van der Waals surface area contributed by atoms with Crippen LogP contribution >= 0.6 is 0 Å². The number of rotatable bonds is 2. The molecule has 1 aliphatic carbocycles. The molecule has 1 aromatic rings. The molecule has 1 saturated carbocycles. The highest BCUT2D eigenvalue weighted by atomic mass is 19.1. The monoisotopic (exact) mass is 193 g/mol. The summed E-state index contributed by atoms with van der Waals surface area (Å²) in [6, 6.07) is 7.17. The highest BCUT2D eigenvalue weighted by Crippen LogP contribution is 2.27. The molecule has 2 heteroatoms. The van der Waals surface area contributed by atoms with Crippen LogP contribution in [0.25, 0.3) is 0 Å². The van der Waals surface area contributed by atoms with Gasteiger partial charge in [0.05, 0.1) is 0 Å². The van der Waals surface area contributed by atoms with Crippen LogP contribution in [0.15, 0.2) is 24.3 Å². The summed E-state index contributed by atoms with van der Waals surface area (Å²) >= 11 is 0. The molecule has 0 amide bonds. The third-order valence-electron chi connectivity index (χ3n) is 3.10. The van der Waals surface area contributed by atoms with Crippen molar-refractivity contribution in [2.45, 2.75) is 31.7 Å². The van der Waals surface area contributed by atoms with Gasteiger partial charge in [-0.2, -0.15) is 0 Å². The maximum Gasteiger partial charge on any atom is 0.123 e. The molecule has 0 unspecified atom stereocenters. The van der Waals surface area contributed by atoms with E-state index in [1.165, 1.54) is 18.9 Å². The van der Waals surface area contributed by atoms with Crippen LogP contribution in [0.5, 0.6) is 0 Å². The second kappa shape index (κ2) is 4.09. The molecule has 0 heterocycles. The van der Waals surface area contributed by atoms with E-state index in [1.807, 2.05) is 6.07 Å². The number of benzene rings is 1. The SMILES string of the molecule is N[C@@H]1CCC[C@@H]1Cc1cccc(F)c1. The molecule has 0 aromatic heterocycles. The minimum absolute atomic E-state index is 0.144. The Morgan fingerprint density at radius 1 is 1.36 bits per heavy atom. The summed E-state index contributed by atoms with van der Waals surface area (Å²) in [5.41, 5.74) is 7.05. The van der Waals surface area contributed by atoms with Gasteiger partial charge in [0.1, 0.15) is 5.82 Å². The standard InChI is InChI=1S/C12H16FN/c13-11-5-1-3-9(8-11)7-10-4-2-6-12(10)14/h1,3,5,8,10,12H,2,4,6-7,14H2/t10-,12-/m1/s1. The summed E-state index contributed by atoms with van der Waals surface area (Å²) in [6.07, 6.45) is 4.47. The molecule has 2 N–H and O–H groups in total. The fourth-order valence-corrected chi connectivity index (χ4v) is 2.29. The second-order valence-corrected chi connectivity index (χ2v) is 4.19. The molecule has 1 fully saturated rings. The largest absolute Gasteiger partial charge is 0.327 e. The lowest BCUT2D eigenvalue weighted by molar-refractivity contribution is 0.477. The topological polar surface area (TPSA) is 26.0 Å². The van der Waals surface area contributed by atoms with Crippen molar-refractivity contribution in [3.05, 3.63) is 35.6 Å². The zero-order chi connectivity index (χ0) is 9.97. The molecule has 2 rings (SSSR count). The summed E-state index contributed by atoms with van der Waals surface area (Å²) in [5.74, 6) is 0.408. The van der Waals surface area contributed by atoms with Crippen molar-refractivity contribution >= 4 is 0 Å². The smallest absolute Gasteiger partial charge is 0.123 e. The van der Waals surface area contributed by atoms with Gasteiger partial charge in [-0.05, 0) is 42.9 Å². The van der Waals surface area contributed by atoms with Crippen LogP contribution in [0.4, 0.5) is 4.39 Å². The summed E-state index contributed by atoms with van der Waals surface area (Å²) in [5, 5.41) is 0. The van der Waals surface area contributed by atoms with Gasteiger partial charge in [0.15, 0.2) is 0 Å². The molecule has 2 atom stereocenters. The Morgan fingerprint density at radius 3 is 2.86 bits per heavy atom. The molecule has 0 spiro atoms. The van der Waals surface area contributed by atoms with Gasteiger partial charge in [-0.25, -0.2) is 4.39 Å². The predicted octanol–water partition coefficient (Wildman–Crippen LogP) is 2.50. The van der Waals surface area contributed by atoms with Crippen LogP contribution in [-0.2, 0) is 6.42 Å². The molecule has 76 valence electrons. The second-order valence-electron chi connectivity index (χ2n) is 4.19. The van der Waals surface area contributed by atoms with E-state index in [4.69, 9.17) is 5.73 Å². The Balaban J connectivity index is 2.03. The Labute approximate surface area is 84.1 Å². The Bertz CT molecular complexity index is 311. The van der Waals surface area contributed by atoms with Gasteiger partial charge in [0.25, 0.3) is 0 Å². The third-order valence-corrected chi connectivity index (χ3v) is 3.10. The zero-order valence-corrected chi connectivity index (χ0v) is 8.25. The molecule has 1 aliphatic rings. The van der Waals surface area contributed by atoms with Gasteiger partial charge in [0.2, 0.25) is 0 Å². The van der Waals surface area contributed by atoms with Gasteiger partial charge in [-0.15, -0.1) is 0 Å².